The van der Waals surface area contributed by atoms with E-state index in [0.29, 0.717) is 31.9 Å². The molecular weight excluding hydrogens is 390 g/mol. The van der Waals surface area contributed by atoms with Gasteiger partial charge in [-0.1, -0.05) is 0 Å². The van der Waals surface area contributed by atoms with Crippen molar-refractivity contribution in [2.75, 3.05) is 69.6 Å². The number of hydrogen-bond acceptors (Lipinski definition) is 9. The number of ether oxygens (including phenoxy) is 4. The van der Waals surface area contributed by atoms with Crippen molar-refractivity contribution in [3.8, 4) is 0 Å². The maximum atomic E-state index is 12.0. The number of sulfone groups is 1. The Labute approximate surface area is 164 Å². The van der Waals surface area contributed by atoms with E-state index >= 15 is 0 Å². The zero-order valence-corrected chi connectivity index (χ0v) is 16.6. The van der Waals surface area contributed by atoms with Crippen LogP contribution in [0.3, 0.4) is 0 Å². The molecular formula is C18H25NO8S. The van der Waals surface area contributed by atoms with E-state index in [1.165, 1.54) is 0 Å². The Morgan fingerprint density at radius 2 is 1.61 bits per heavy atom. The van der Waals surface area contributed by atoms with Crippen molar-refractivity contribution in [1.82, 2.24) is 0 Å². The molecule has 1 aromatic rings. The summed E-state index contributed by atoms with van der Waals surface area (Å²) in [5.74, 6) is -1.05. The maximum absolute atomic E-state index is 12.0. The molecule has 0 bridgehead atoms. The lowest BCUT2D eigenvalue weighted by molar-refractivity contribution is -0.148. The van der Waals surface area contributed by atoms with Crippen molar-refractivity contribution in [2.24, 2.45) is 0 Å². The molecule has 0 N–H and O–H groups in total. The Morgan fingerprint density at radius 1 is 0.964 bits per heavy atom. The third kappa shape index (κ3) is 7.45. The number of anilines is 1. The standard InChI is InChI=1S/C18H25NO8S/c1-24-8-9-25-10-11-26-17(20)14-27-18(21)15-2-4-16(5-3-15)19-6-12-28(22,23)13-7-19/h2-5H,6-14H2,1H3. The highest BCUT2D eigenvalue weighted by atomic mass is 32.2. The Kier molecular flexibility index (Phi) is 8.68. The largest absolute Gasteiger partial charge is 0.461 e. The van der Waals surface area contributed by atoms with Gasteiger partial charge in [-0.15, -0.1) is 0 Å². The van der Waals surface area contributed by atoms with Crippen LogP contribution >= 0.6 is 0 Å². The normalized spacial score (nSPS) is 15.8. The van der Waals surface area contributed by atoms with Gasteiger partial charge in [0.2, 0.25) is 0 Å². The molecule has 10 heteroatoms. The van der Waals surface area contributed by atoms with Gasteiger partial charge in [0.25, 0.3) is 0 Å². The van der Waals surface area contributed by atoms with E-state index < -0.39 is 28.4 Å². The van der Waals surface area contributed by atoms with Crippen molar-refractivity contribution in [3.05, 3.63) is 29.8 Å². The van der Waals surface area contributed by atoms with Crippen LogP contribution in [0.1, 0.15) is 10.4 Å². The minimum Gasteiger partial charge on any atom is -0.461 e. The SMILES string of the molecule is COCCOCCOC(=O)COC(=O)c1ccc(N2CCS(=O)(=O)CC2)cc1. The third-order valence-electron chi connectivity index (χ3n) is 4.06. The average Bonchev–Trinajstić information content (AvgIpc) is 2.69. The van der Waals surface area contributed by atoms with Crippen LogP contribution in [0.5, 0.6) is 0 Å². The van der Waals surface area contributed by atoms with E-state index in [4.69, 9.17) is 18.9 Å². The molecule has 0 saturated carbocycles. The number of benzene rings is 1. The molecule has 1 aromatic carbocycles. The van der Waals surface area contributed by atoms with Crippen molar-refractivity contribution >= 4 is 27.5 Å². The van der Waals surface area contributed by atoms with Crippen LogP contribution in [0.4, 0.5) is 5.69 Å². The Bertz CT molecular complexity index is 733. The smallest absolute Gasteiger partial charge is 0.344 e. The van der Waals surface area contributed by atoms with E-state index in [0.717, 1.165) is 5.69 Å². The van der Waals surface area contributed by atoms with Crippen LogP contribution in [-0.4, -0.2) is 85.1 Å². The molecule has 0 spiro atoms. The first-order chi connectivity index (χ1) is 13.4. The van der Waals surface area contributed by atoms with Crippen LogP contribution in [0.2, 0.25) is 0 Å². The van der Waals surface area contributed by atoms with Gasteiger partial charge in [-0.2, -0.15) is 0 Å². The highest BCUT2D eigenvalue weighted by molar-refractivity contribution is 7.91. The zero-order valence-electron chi connectivity index (χ0n) is 15.8. The van der Waals surface area contributed by atoms with E-state index in [-0.39, 0.29) is 24.7 Å². The molecule has 1 aliphatic heterocycles. The van der Waals surface area contributed by atoms with Gasteiger partial charge in [-0.05, 0) is 24.3 Å². The molecule has 1 aliphatic rings. The first kappa shape index (κ1) is 22.1. The van der Waals surface area contributed by atoms with Gasteiger partial charge in [0, 0.05) is 25.9 Å². The van der Waals surface area contributed by atoms with Crippen molar-refractivity contribution in [2.45, 2.75) is 0 Å². The van der Waals surface area contributed by atoms with Crippen LogP contribution < -0.4 is 4.90 Å². The number of nitrogens with zero attached hydrogens (tertiary/aromatic N) is 1. The molecule has 156 valence electrons. The van der Waals surface area contributed by atoms with Gasteiger partial charge >= 0.3 is 11.9 Å². The second-order valence-corrected chi connectivity index (χ2v) is 8.39. The number of hydrogen-bond donors (Lipinski definition) is 0. The van der Waals surface area contributed by atoms with Crippen LogP contribution in [-0.2, 0) is 33.6 Å². The number of carbonyl (C=O) groups is 2. The van der Waals surface area contributed by atoms with Crippen LogP contribution in [0, 0.1) is 0 Å². The summed E-state index contributed by atoms with van der Waals surface area (Å²) >= 11 is 0. The lowest BCUT2D eigenvalue weighted by Crippen LogP contribution is -2.40. The van der Waals surface area contributed by atoms with Gasteiger partial charge in [0.1, 0.15) is 6.61 Å². The lowest BCUT2D eigenvalue weighted by atomic mass is 10.2. The molecule has 9 nitrogen and oxygen atoms in total. The summed E-state index contributed by atoms with van der Waals surface area (Å²) in [6, 6.07) is 6.61. The highest BCUT2D eigenvalue weighted by Crippen LogP contribution is 2.18. The topological polar surface area (TPSA) is 108 Å². The molecule has 2 rings (SSSR count). The molecule has 1 heterocycles. The minimum absolute atomic E-state index is 0.0698. The van der Waals surface area contributed by atoms with E-state index in [1.54, 1.807) is 31.4 Å². The van der Waals surface area contributed by atoms with Gasteiger partial charge in [0.15, 0.2) is 16.4 Å². The highest BCUT2D eigenvalue weighted by Gasteiger charge is 2.22. The Balaban J connectivity index is 1.70. The van der Waals surface area contributed by atoms with Crippen LogP contribution in [0.25, 0.3) is 0 Å². The number of esters is 2. The number of methoxy groups -OCH3 is 1. The molecule has 1 saturated heterocycles. The number of carbonyl (C=O) groups excluding carboxylic acids is 2. The molecule has 28 heavy (non-hydrogen) atoms. The fourth-order valence-electron chi connectivity index (χ4n) is 2.49. The average molecular weight is 415 g/mol. The third-order valence-corrected chi connectivity index (χ3v) is 5.67. The number of rotatable bonds is 10. The summed E-state index contributed by atoms with van der Waals surface area (Å²) in [6.45, 7) is 1.54. The Morgan fingerprint density at radius 3 is 2.25 bits per heavy atom. The van der Waals surface area contributed by atoms with Gasteiger partial charge in [-0.3, -0.25) is 0 Å². The second kappa shape index (κ2) is 11.0. The molecule has 0 amide bonds. The van der Waals surface area contributed by atoms with E-state index in [9.17, 15) is 18.0 Å². The summed E-state index contributed by atoms with van der Waals surface area (Å²) in [5, 5.41) is 0. The van der Waals surface area contributed by atoms with E-state index in [1.807, 2.05) is 4.90 Å². The maximum Gasteiger partial charge on any atom is 0.344 e. The molecule has 0 radical (unpaired) electrons. The fraction of sp³-hybridized carbons (Fsp3) is 0.556. The summed E-state index contributed by atoms with van der Waals surface area (Å²) in [5.41, 5.74) is 1.13. The zero-order chi connectivity index (χ0) is 20.4. The van der Waals surface area contributed by atoms with E-state index in [2.05, 4.69) is 0 Å². The first-order valence-electron chi connectivity index (χ1n) is 8.86. The second-order valence-electron chi connectivity index (χ2n) is 6.09. The quantitative estimate of drug-likeness (QED) is 0.393. The summed E-state index contributed by atoms with van der Waals surface area (Å²) in [6.07, 6.45) is 0. The summed E-state index contributed by atoms with van der Waals surface area (Å²) < 4.78 is 42.7. The van der Waals surface area contributed by atoms with Crippen molar-refractivity contribution < 1.29 is 37.0 Å². The lowest BCUT2D eigenvalue weighted by Gasteiger charge is -2.28. The van der Waals surface area contributed by atoms with Crippen LogP contribution in [0.15, 0.2) is 24.3 Å². The van der Waals surface area contributed by atoms with Crippen molar-refractivity contribution in [1.29, 1.82) is 0 Å². The van der Waals surface area contributed by atoms with Gasteiger partial charge in [0.05, 0.1) is 36.9 Å². The first-order valence-corrected chi connectivity index (χ1v) is 10.7. The van der Waals surface area contributed by atoms with Gasteiger partial charge < -0.3 is 23.8 Å². The minimum atomic E-state index is -2.95. The summed E-state index contributed by atoms with van der Waals surface area (Å²) in [4.78, 5) is 25.5. The predicted octanol–water partition coefficient (Wildman–Crippen LogP) is 0.284. The Hall–Kier alpha value is -2.17. The van der Waals surface area contributed by atoms with Crippen molar-refractivity contribution in [3.63, 3.8) is 0 Å². The monoisotopic (exact) mass is 415 g/mol. The molecule has 0 atom stereocenters. The molecule has 0 aliphatic carbocycles. The predicted molar refractivity (Wildman–Crippen MR) is 101 cm³/mol. The fourth-order valence-corrected chi connectivity index (χ4v) is 3.69. The molecule has 0 aromatic heterocycles. The molecule has 1 fully saturated rings. The summed E-state index contributed by atoms with van der Waals surface area (Å²) in [7, 11) is -1.39. The van der Waals surface area contributed by atoms with Gasteiger partial charge in [-0.25, -0.2) is 18.0 Å². The molecule has 0 unspecified atom stereocenters.